The fraction of sp³-hybridized carbons (Fsp3) is 0.375. The molecule has 1 spiro atoms. The number of rotatable bonds is 6. The molecule has 0 unspecified atom stereocenters. The standard InChI is InChI=1S/C24H24ClN3O5/c1-3-11-33-21-16(25)12-14(13-19(21)32-2)20-18-9-6-10-27(18)24(22(20)28(30)31)15-7-4-5-8-17(15)26-23(24)29/h3-5,7-8,12-13,18,20,22H,1,6,9-11H2,2H3,(H,26,29)/t18-,20+,22-,24+/m0/s1. The third kappa shape index (κ3) is 2.97. The van der Waals surface area contributed by atoms with Crippen LogP contribution in [0.5, 0.6) is 11.5 Å². The SMILES string of the molecule is C=CCOc1c(Cl)cc([C@H]2[C@H]([N+](=O)[O-])[C@]3(C(=O)Nc4ccccc43)N3CCC[C@@H]23)cc1OC. The smallest absolute Gasteiger partial charge is 0.256 e. The van der Waals surface area contributed by atoms with Crippen LogP contribution in [-0.2, 0) is 10.3 Å². The second kappa shape index (κ2) is 8.04. The molecule has 0 aromatic heterocycles. The van der Waals surface area contributed by atoms with Gasteiger partial charge in [-0.1, -0.05) is 42.5 Å². The number of anilines is 1. The highest BCUT2D eigenvalue weighted by Gasteiger charge is 2.73. The van der Waals surface area contributed by atoms with E-state index >= 15 is 0 Å². The van der Waals surface area contributed by atoms with Gasteiger partial charge in [0.05, 0.1) is 18.1 Å². The molecule has 0 radical (unpaired) electrons. The van der Waals surface area contributed by atoms with Crippen LogP contribution in [0.3, 0.4) is 0 Å². The molecule has 5 rings (SSSR count). The molecule has 1 N–H and O–H groups in total. The maximum Gasteiger partial charge on any atom is 0.256 e. The zero-order valence-electron chi connectivity index (χ0n) is 18.1. The van der Waals surface area contributed by atoms with Crippen LogP contribution < -0.4 is 14.8 Å². The van der Waals surface area contributed by atoms with Crippen molar-refractivity contribution in [2.45, 2.75) is 36.4 Å². The van der Waals surface area contributed by atoms with Crippen LogP contribution in [0.4, 0.5) is 5.69 Å². The maximum absolute atomic E-state index is 13.5. The average Bonchev–Trinajstić information content (AvgIpc) is 3.45. The Balaban J connectivity index is 1.70. The largest absolute Gasteiger partial charge is 0.493 e. The molecule has 2 fully saturated rings. The summed E-state index contributed by atoms with van der Waals surface area (Å²) in [7, 11) is 1.50. The molecule has 3 aliphatic heterocycles. The van der Waals surface area contributed by atoms with E-state index < -0.39 is 17.5 Å². The lowest BCUT2D eigenvalue weighted by Gasteiger charge is -2.32. The molecule has 172 valence electrons. The van der Waals surface area contributed by atoms with Gasteiger partial charge in [0.15, 0.2) is 17.0 Å². The van der Waals surface area contributed by atoms with Gasteiger partial charge in [-0.15, -0.1) is 0 Å². The molecular weight excluding hydrogens is 446 g/mol. The summed E-state index contributed by atoms with van der Waals surface area (Å²) in [6.45, 7) is 4.50. The van der Waals surface area contributed by atoms with Crippen molar-refractivity contribution >= 4 is 23.2 Å². The Morgan fingerprint density at radius 3 is 2.91 bits per heavy atom. The lowest BCUT2D eigenvalue weighted by atomic mass is 9.77. The number of nitro groups is 1. The van der Waals surface area contributed by atoms with Crippen LogP contribution in [0.15, 0.2) is 49.1 Å². The predicted octanol–water partition coefficient (Wildman–Crippen LogP) is 3.97. The summed E-state index contributed by atoms with van der Waals surface area (Å²) in [4.78, 5) is 27.9. The fourth-order valence-corrected chi connectivity index (χ4v) is 6.26. The van der Waals surface area contributed by atoms with Crippen molar-refractivity contribution in [1.29, 1.82) is 0 Å². The highest BCUT2D eigenvalue weighted by molar-refractivity contribution is 6.32. The maximum atomic E-state index is 13.5. The van der Waals surface area contributed by atoms with Crippen molar-refractivity contribution in [1.82, 2.24) is 4.90 Å². The number of hydrogen-bond donors (Lipinski definition) is 1. The number of carbonyl (C=O) groups excluding carboxylic acids is 1. The number of hydrogen-bond acceptors (Lipinski definition) is 6. The van der Waals surface area contributed by atoms with Gasteiger partial charge in [-0.2, -0.15) is 0 Å². The Hall–Kier alpha value is -3.10. The van der Waals surface area contributed by atoms with Crippen LogP contribution in [0.2, 0.25) is 5.02 Å². The number of para-hydroxylation sites is 1. The number of methoxy groups -OCH3 is 1. The molecule has 2 aromatic rings. The molecule has 0 aliphatic carbocycles. The van der Waals surface area contributed by atoms with E-state index in [1.54, 1.807) is 24.3 Å². The van der Waals surface area contributed by atoms with Gasteiger partial charge in [-0.3, -0.25) is 19.8 Å². The van der Waals surface area contributed by atoms with Crippen molar-refractivity contribution in [3.05, 3.63) is 75.3 Å². The first-order chi connectivity index (χ1) is 15.9. The summed E-state index contributed by atoms with van der Waals surface area (Å²) >= 11 is 6.56. The van der Waals surface area contributed by atoms with E-state index in [-0.39, 0.29) is 23.5 Å². The Morgan fingerprint density at radius 2 is 2.18 bits per heavy atom. The Kier molecular flexibility index (Phi) is 5.29. The van der Waals surface area contributed by atoms with E-state index in [0.717, 1.165) is 12.8 Å². The van der Waals surface area contributed by atoms with Crippen molar-refractivity contribution in [2.24, 2.45) is 0 Å². The van der Waals surface area contributed by atoms with Crippen molar-refractivity contribution in [3.63, 3.8) is 0 Å². The fourth-order valence-electron chi connectivity index (χ4n) is 5.99. The minimum atomic E-state index is -1.37. The lowest BCUT2D eigenvalue weighted by molar-refractivity contribution is -0.534. The van der Waals surface area contributed by atoms with Gasteiger partial charge in [0.1, 0.15) is 6.61 Å². The molecule has 9 heteroatoms. The molecular formula is C24H24ClN3O5. The number of carbonyl (C=O) groups is 1. The van der Waals surface area contributed by atoms with Crippen LogP contribution >= 0.6 is 11.6 Å². The summed E-state index contributed by atoms with van der Waals surface area (Å²) in [5.74, 6) is -0.147. The van der Waals surface area contributed by atoms with Crippen molar-refractivity contribution < 1.29 is 19.2 Å². The summed E-state index contributed by atoms with van der Waals surface area (Å²) in [6.07, 6.45) is 3.20. The molecule has 3 aliphatic rings. The first-order valence-corrected chi connectivity index (χ1v) is 11.2. The third-order valence-corrected chi connectivity index (χ3v) is 7.36. The molecule has 0 saturated carbocycles. The molecule has 2 aromatic carbocycles. The van der Waals surface area contributed by atoms with Gasteiger partial charge in [-0.25, -0.2) is 0 Å². The molecule has 1 amide bonds. The topological polar surface area (TPSA) is 93.9 Å². The number of amides is 1. The van der Waals surface area contributed by atoms with Gasteiger partial charge in [0, 0.05) is 28.8 Å². The van der Waals surface area contributed by atoms with Gasteiger partial charge in [0.2, 0.25) is 0 Å². The first kappa shape index (κ1) is 21.7. The van der Waals surface area contributed by atoms with E-state index in [4.69, 9.17) is 21.1 Å². The van der Waals surface area contributed by atoms with Crippen molar-refractivity contribution in [2.75, 3.05) is 25.6 Å². The Bertz CT molecular complexity index is 1150. The summed E-state index contributed by atoms with van der Waals surface area (Å²) in [5.41, 5.74) is 0.582. The van der Waals surface area contributed by atoms with Gasteiger partial charge in [-0.05, 0) is 36.6 Å². The Morgan fingerprint density at radius 1 is 1.39 bits per heavy atom. The van der Waals surface area contributed by atoms with E-state index in [9.17, 15) is 14.9 Å². The zero-order chi connectivity index (χ0) is 23.3. The average molecular weight is 470 g/mol. The normalized spacial score (nSPS) is 27.8. The van der Waals surface area contributed by atoms with E-state index in [1.165, 1.54) is 7.11 Å². The number of nitrogens with one attached hydrogen (secondary N) is 1. The van der Waals surface area contributed by atoms with E-state index in [0.29, 0.717) is 39.9 Å². The number of halogens is 1. The molecule has 0 bridgehead atoms. The molecule has 8 nitrogen and oxygen atoms in total. The second-order valence-electron chi connectivity index (χ2n) is 8.56. The number of fused-ring (bicyclic) bond motifs is 4. The number of benzene rings is 2. The molecule has 3 heterocycles. The number of ether oxygens (including phenoxy) is 2. The van der Waals surface area contributed by atoms with Gasteiger partial charge >= 0.3 is 0 Å². The van der Waals surface area contributed by atoms with Gasteiger partial charge < -0.3 is 14.8 Å². The quantitative estimate of drug-likeness (QED) is 0.391. The monoisotopic (exact) mass is 469 g/mol. The number of nitrogens with zero attached hydrogens (tertiary/aromatic N) is 2. The summed E-state index contributed by atoms with van der Waals surface area (Å²) in [6, 6.07) is 9.34. The third-order valence-electron chi connectivity index (χ3n) is 7.08. The molecule has 4 atom stereocenters. The van der Waals surface area contributed by atoms with E-state index in [1.807, 2.05) is 23.1 Å². The zero-order valence-corrected chi connectivity index (χ0v) is 18.9. The molecule has 33 heavy (non-hydrogen) atoms. The van der Waals surface area contributed by atoms with E-state index in [2.05, 4.69) is 11.9 Å². The second-order valence-corrected chi connectivity index (χ2v) is 8.97. The predicted molar refractivity (Wildman–Crippen MR) is 124 cm³/mol. The minimum Gasteiger partial charge on any atom is -0.493 e. The lowest BCUT2D eigenvalue weighted by Crippen LogP contribution is -2.55. The minimum absolute atomic E-state index is 0.182. The van der Waals surface area contributed by atoms with Crippen molar-refractivity contribution in [3.8, 4) is 11.5 Å². The van der Waals surface area contributed by atoms with Gasteiger partial charge in [0.25, 0.3) is 11.9 Å². The first-order valence-electron chi connectivity index (χ1n) is 10.9. The van der Waals surface area contributed by atoms with Crippen LogP contribution in [-0.4, -0.2) is 48.1 Å². The highest BCUT2D eigenvalue weighted by atomic mass is 35.5. The van der Waals surface area contributed by atoms with Crippen LogP contribution in [0.25, 0.3) is 0 Å². The summed E-state index contributed by atoms with van der Waals surface area (Å²) in [5, 5.41) is 15.9. The Labute approximate surface area is 196 Å². The summed E-state index contributed by atoms with van der Waals surface area (Å²) < 4.78 is 11.2. The molecule has 2 saturated heterocycles. The highest BCUT2D eigenvalue weighted by Crippen LogP contribution is 2.58. The van der Waals surface area contributed by atoms with Crippen LogP contribution in [0, 0.1) is 10.1 Å². The van der Waals surface area contributed by atoms with Crippen LogP contribution in [0.1, 0.15) is 29.9 Å².